The van der Waals surface area contributed by atoms with Crippen LogP contribution in [0.15, 0.2) is 6.07 Å². The minimum absolute atomic E-state index is 0.0754. The van der Waals surface area contributed by atoms with E-state index in [4.69, 9.17) is 9.47 Å². The van der Waals surface area contributed by atoms with E-state index in [1.54, 1.807) is 25.0 Å². The fraction of sp³-hybridized carbons (Fsp3) is 0.615. The Labute approximate surface area is 118 Å². The zero-order valence-electron chi connectivity index (χ0n) is 11.9. The lowest BCUT2D eigenvalue weighted by molar-refractivity contribution is 0.0299. The van der Waals surface area contributed by atoms with Gasteiger partial charge in [0.2, 0.25) is 0 Å². The maximum absolute atomic E-state index is 12.4. The van der Waals surface area contributed by atoms with Gasteiger partial charge in [-0.3, -0.25) is 4.79 Å². The lowest BCUT2D eigenvalue weighted by atomic mass is 10.3. The van der Waals surface area contributed by atoms with Crippen molar-refractivity contribution < 1.29 is 14.3 Å². The predicted octanol–water partition coefficient (Wildman–Crippen LogP) is 0.316. The van der Waals surface area contributed by atoms with Gasteiger partial charge in [-0.15, -0.1) is 0 Å². The third-order valence-electron chi connectivity index (χ3n) is 2.97. The summed E-state index contributed by atoms with van der Waals surface area (Å²) in [6.07, 6.45) is 0. The van der Waals surface area contributed by atoms with Crippen LogP contribution < -0.4 is 5.32 Å². The standard InChI is InChI=1S/C13H20N4O3/c1-10-15-11(9-12(16-10)14-3-6-19-2)13(18)17-4-7-20-8-5-17/h9H,3-8H2,1-2H3,(H,14,15,16). The Morgan fingerprint density at radius 2 is 2.20 bits per heavy atom. The summed E-state index contributed by atoms with van der Waals surface area (Å²) in [4.78, 5) is 22.6. The molecule has 1 amide bonds. The number of aromatic nitrogens is 2. The number of carbonyl (C=O) groups is 1. The van der Waals surface area contributed by atoms with E-state index in [1.165, 1.54) is 0 Å². The van der Waals surface area contributed by atoms with E-state index in [-0.39, 0.29) is 5.91 Å². The maximum atomic E-state index is 12.4. The molecule has 110 valence electrons. The van der Waals surface area contributed by atoms with Gasteiger partial charge < -0.3 is 19.7 Å². The molecule has 7 nitrogen and oxygen atoms in total. The number of hydrogen-bond donors (Lipinski definition) is 1. The van der Waals surface area contributed by atoms with Crippen molar-refractivity contribution in [1.29, 1.82) is 0 Å². The van der Waals surface area contributed by atoms with Crippen LogP contribution in [0.2, 0.25) is 0 Å². The van der Waals surface area contributed by atoms with Crippen LogP contribution in [-0.2, 0) is 9.47 Å². The molecule has 1 aromatic rings. The molecule has 1 aliphatic heterocycles. The Morgan fingerprint density at radius 3 is 2.90 bits per heavy atom. The highest BCUT2D eigenvalue weighted by atomic mass is 16.5. The largest absolute Gasteiger partial charge is 0.383 e. The number of morpholine rings is 1. The van der Waals surface area contributed by atoms with Gasteiger partial charge >= 0.3 is 0 Å². The molecule has 1 N–H and O–H groups in total. The Bertz CT molecular complexity index is 461. The van der Waals surface area contributed by atoms with Gasteiger partial charge in [0.25, 0.3) is 5.91 Å². The summed E-state index contributed by atoms with van der Waals surface area (Å²) < 4.78 is 10.2. The number of aryl methyl sites for hydroxylation is 1. The Balaban J connectivity index is 2.07. The predicted molar refractivity (Wildman–Crippen MR) is 73.9 cm³/mol. The van der Waals surface area contributed by atoms with Crippen molar-refractivity contribution in [2.45, 2.75) is 6.92 Å². The molecule has 0 bridgehead atoms. The third kappa shape index (κ3) is 3.88. The van der Waals surface area contributed by atoms with E-state index < -0.39 is 0 Å². The minimum Gasteiger partial charge on any atom is -0.383 e. The summed E-state index contributed by atoms with van der Waals surface area (Å²) in [7, 11) is 1.64. The first kappa shape index (κ1) is 14.7. The van der Waals surface area contributed by atoms with E-state index in [0.29, 0.717) is 56.8 Å². The van der Waals surface area contributed by atoms with Crippen molar-refractivity contribution in [3.63, 3.8) is 0 Å². The van der Waals surface area contributed by atoms with Gasteiger partial charge in [-0.05, 0) is 6.92 Å². The van der Waals surface area contributed by atoms with Crippen LogP contribution in [0.4, 0.5) is 5.82 Å². The van der Waals surface area contributed by atoms with E-state index in [0.717, 1.165) is 0 Å². The van der Waals surface area contributed by atoms with E-state index in [1.807, 2.05) is 0 Å². The molecule has 1 saturated heterocycles. The number of rotatable bonds is 5. The van der Waals surface area contributed by atoms with Gasteiger partial charge in [-0.25, -0.2) is 9.97 Å². The van der Waals surface area contributed by atoms with Crippen molar-refractivity contribution in [1.82, 2.24) is 14.9 Å². The normalized spacial score (nSPS) is 15.2. The van der Waals surface area contributed by atoms with Gasteiger partial charge in [0.15, 0.2) is 0 Å². The average Bonchev–Trinajstić information content (AvgIpc) is 2.47. The number of carbonyl (C=O) groups excluding carboxylic acids is 1. The summed E-state index contributed by atoms with van der Waals surface area (Å²) in [5.41, 5.74) is 0.416. The number of nitrogens with one attached hydrogen (secondary N) is 1. The summed E-state index contributed by atoms with van der Waals surface area (Å²) in [6.45, 7) is 5.36. The number of ether oxygens (including phenoxy) is 2. The van der Waals surface area contributed by atoms with Crippen LogP contribution in [0.3, 0.4) is 0 Å². The van der Waals surface area contributed by atoms with Crippen molar-refractivity contribution >= 4 is 11.7 Å². The van der Waals surface area contributed by atoms with Gasteiger partial charge in [-0.1, -0.05) is 0 Å². The number of hydrogen-bond acceptors (Lipinski definition) is 6. The van der Waals surface area contributed by atoms with Crippen molar-refractivity contribution in [3.05, 3.63) is 17.6 Å². The van der Waals surface area contributed by atoms with Crippen LogP contribution in [0, 0.1) is 6.92 Å². The fourth-order valence-electron chi connectivity index (χ4n) is 1.98. The Hall–Kier alpha value is -1.73. The molecule has 0 unspecified atom stereocenters. The van der Waals surface area contributed by atoms with Crippen LogP contribution in [0.1, 0.15) is 16.3 Å². The molecular weight excluding hydrogens is 260 g/mol. The molecule has 0 aromatic carbocycles. The van der Waals surface area contributed by atoms with Crippen LogP contribution >= 0.6 is 0 Å². The molecule has 0 spiro atoms. The quantitative estimate of drug-likeness (QED) is 0.783. The molecule has 0 atom stereocenters. The molecule has 2 rings (SSSR count). The lowest BCUT2D eigenvalue weighted by Crippen LogP contribution is -2.41. The SMILES string of the molecule is COCCNc1cc(C(=O)N2CCOCC2)nc(C)n1. The van der Waals surface area contributed by atoms with E-state index in [2.05, 4.69) is 15.3 Å². The first-order valence-electron chi connectivity index (χ1n) is 6.66. The number of amides is 1. The topological polar surface area (TPSA) is 76.6 Å². The zero-order valence-corrected chi connectivity index (χ0v) is 11.9. The fourth-order valence-corrected chi connectivity index (χ4v) is 1.98. The van der Waals surface area contributed by atoms with Gasteiger partial charge in [0, 0.05) is 32.8 Å². The number of anilines is 1. The Kier molecular flexibility index (Phi) is 5.25. The highest BCUT2D eigenvalue weighted by molar-refractivity contribution is 5.93. The molecule has 1 aliphatic rings. The first-order chi connectivity index (χ1) is 9.70. The Morgan fingerprint density at radius 1 is 1.45 bits per heavy atom. The number of nitrogens with zero attached hydrogens (tertiary/aromatic N) is 3. The van der Waals surface area contributed by atoms with E-state index in [9.17, 15) is 4.79 Å². The molecular formula is C13H20N4O3. The molecule has 1 fully saturated rings. The third-order valence-corrected chi connectivity index (χ3v) is 2.97. The second-order valence-electron chi connectivity index (χ2n) is 4.51. The van der Waals surface area contributed by atoms with Crippen molar-refractivity contribution in [2.24, 2.45) is 0 Å². The van der Waals surface area contributed by atoms with E-state index >= 15 is 0 Å². The van der Waals surface area contributed by atoms with Crippen LogP contribution in [0.25, 0.3) is 0 Å². The van der Waals surface area contributed by atoms with Gasteiger partial charge in [-0.2, -0.15) is 0 Å². The average molecular weight is 280 g/mol. The van der Waals surface area contributed by atoms with Gasteiger partial charge in [0.1, 0.15) is 17.3 Å². The lowest BCUT2D eigenvalue weighted by Gasteiger charge is -2.26. The van der Waals surface area contributed by atoms with Crippen LogP contribution in [0.5, 0.6) is 0 Å². The monoisotopic (exact) mass is 280 g/mol. The molecule has 0 radical (unpaired) electrons. The summed E-state index contributed by atoms with van der Waals surface area (Å²) >= 11 is 0. The van der Waals surface area contributed by atoms with Crippen molar-refractivity contribution in [2.75, 3.05) is 51.9 Å². The minimum atomic E-state index is -0.0754. The molecule has 7 heteroatoms. The molecule has 0 saturated carbocycles. The summed E-state index contributed by atoms with van der Waals surface area (Å²) in [6, 6.07) is 1.68. The van der Waals surface area contributed by atoms with Crippen LogP contribution in [-0.4, -0.2) is 67.3 Å². The number of methoxy groups -OCH3 is 1. The second kappa shape index (κ2) is 7.16. The summed E-state index contributed by atoms with van der Waals surface area (Å²) in [5.74, 6) is 1.14. The van der Waals surface area contributed by atoms with Gasteiger partial charge in [0.05, 0.1) is 19.8 Å². The smallest absolute Gasteiger partial charge is 0.272 e. The molecule has 1 aromatic heterocycles. The highest BCUT2D eigenvalue weighted by Crippen LogP contribution is 2.10. The molecule has 20 heavy (non-hydrogen) atoms. The molecule has 0 aliphatic carbocycles. The zero-order chi connectivity index (χ0) is 14.4. The maximum Gasteiger partial charge on any atom is 0.272 e. The first-order valence-corrected chi connectivity index (χ1v) is 6.66. The highest BCUT2D eigenvalue weighted by Gasteiger charge is 2.20. The second-order valence-corrected chi connectivity index (χ2v) is 4.51. The summed E-state index contributed by atoms with van der Waals surface area (Å²) in [5, 5.41) is 3.11. The molecule has 2 heterocycles. The van der Waals surface area contributed by atoms with Crippen molar-refractivity contribution in [3.8, 4) is 0 Å².